The fourth-order valence-corrected chi connectivity index (χ4v) is 2.98. The lowest BCUT2D eigenvalue weighted by atomic mass is 10.1. The van der Waals surface area contributed by atoms with Crippen molar-refractivity contribution in [3.05, 3.63) is 59.2 Å². The van der Waals surface area contributed by atoms with Gasteiger partial charge in [0, 0.05) is 12.2 Å². The van der Waals surface area contributed by atoms with Gasteiger partial charge in [-0.05, 0) is 93.7 Å². The highest BCUT2D eigenvalue weighted by Crippen LogP contribution is 2.16. The number of hydrogen-bond donors (Lipinski definition) is 2. The predicted molar refractivity (Wildman–Crippen MR) is 111 cm³/mol. The first-order chi connectivity index (χ1) is 11.9. The first-order valence-corrected chi connectivity index (χ1v) is 9.22. The van der Waals surface area contributed by atoms with Crippen molar-refractivity contribution in [2.45, 2.75) is 46.6 Å². The summed E-state index contributed by atoms with van der Waals surface area (Å²) in [6.45, 7) is 9.10. The minimum absolute atomic E-state index is 0.200. The first-order valence-electron chi connectivity index (χ1n) is 8.81. The molecule has 0 aliphatic heterocycles. The third-order valence-corrected chi connectivity index (χ3v) is 3.92. The van der Waals surface area contributed by atoms with Crippen LogP contribution in [0.3, 0.4) is 0 Å². The molecule has 0 bridgehead atoms. The van der Waals surface area contributed by atoms with Crippen LogP contribution < -0.4 is 15.4 Å². The first kappa shape index (κ1) is 19.3. The Morgan fingerprint density at radius 2 is 1.80 bits per heavy atom. The summed E-state index contributed by atoms with van der Waals surface area (Å²) in [6, 6.07) is 14.7. The van der Waals surface area contributed by atoms with Crippen molar-refractivity contribution >= 4 is 23.0 Å². The molecule has 0 atom stereocenters. The minimum atomic E-state index is 0.200. The molecule has 2 rings (SSSR count). The maximum atomic E-state index is 5.74. The summed E-state index contributed by atoms with van der Waals surface area (Å²) in [5.74, 6) is 0.937. The van der Waals surface area contributed by atoms with Gasteiger partial charge >= 0.3 is 0 Å². The van der Waals surface area contributed by atoms with Gasteiger partial charge in [-0.2, -0.15) is 0 Å². The molecule has 0 spiro atoms. The van der Waals surface area contributed by atoms with Crippen LogP contribution in [0.15, 0.2) is 42.5 Å². The summed E-state index contributed by atoms with van der Waals surface area (Å²) in [5, 5.41) is 7.20. The predicted octanol–water partition coefficient (Wildman–Crippen LogP) is 5.01. The van der Waals surface area contributed by atoms with Crippen LogP contribution in [-0.2, 0) is 6.42 Å². The molecule has 0 fully saturated rings. The molecular formula is C21H28N2OS. The van der Waals surface area contributed by atoms with Crippen LogP contribution in [0.2, 0.25) is 0 Å². The summed E-state index contributed by atoms with van der Waals surface area (Å²) in [7, 11) is 0. The van der Waals surface area contributed by atoms with Crippen LogP contribution in [0.5, 0.6) is 5.75 Å². The average Bonchev–Trinajstić information content (AvgIpc) is 2.50. The van der Waals surface area contributed by atoms with E-state index in [1.54, 1.807) is 0 Å². The number of rotatable bonds is 7. The van der Waals surface area contributed by atoms with E-state index in [4.69, 9.17) is 17.0 Å². The number of aryl methyl sites for hydroxylation is 3. The van der Waals surface area contributed by atoms with Crippen LogP contribution >= 0.6 is 12.2 Å². The van der Waals surface area contributed by atoms with Gasteiger partial charge in [0.15, 0.2) is 5.11 Å². The van der Waals surface area contributed by atoms with Crippen LogP contribution in [0.25, 0.3) is 0 Å². The van der Waals surface area contributed by atoms with E-state index >= 15 is 0 Å². The van der Waals surface area contributed by atoms with Crippen molar-refractivity contribution < 1.29 is 4.74 Å². The molecule has 0 saturated heterocycles. The Morgan fingerprint density at radius 1 is 1.08 bits per heavy atom. The third kappa shape index (κ3) is 7.14. The zero-order valence-corrected chi connectivity index (χ0v) is 16.4. The zero-order valence-electron chi connectivity index (χ0n) is 15.6. The van der Waals surface area contributed by atoms with Crippen LogP contribution in [0, 0.1) is 13.8 Å². The van der Waals surface area contributed by atoms with Crippen molar-refractivity contribution in [1.82, 2.24) is 5.32 Å². The summed E-state index contributed by atoms with van der Waals surface area (Å²) in [5.41, 5.74) is 4.78. The fraction of sp³-hybridized carbons (Fsp3) is 0.381. The topological polar surface area (TPSA) is 33.3 Å². The lowest BCUT2D eigenvalue weighted by Crippen LogP contribution is -2.29. The van der Waals surface area contributed by atoms with Gasteiger partial charge in [-0.25, -0.2) is 0 Å². The molecule has 2 aromatic rings. The Balaban J connectivity index is 1.74. The van der Waals surface area contributed by atoms with Gasteiger partial charge in [0.1, 0.15) is 5.75 Å². The van der Waals surface area contributed by atoms with Crippen molar-refractivity contribution in [3.8, 4) is 5.75 Å². The molecule has 25 heavy (non-hydrogen) atoms. The molecule has 2 N–H and O–H groups in total. The number of benzene rings is 2. The van der Waals surface area contributed by atoms with E-state index in [1.165, 1.54) is 16.7 Å². The Morgan fingerprint density at radius 3 is 2.48 bits per heavy atom. The zero-order chi connectivity index (χ0) is 18.2. The van der Waals surface area contributed by atoms with Crippen LogP contribution in [0.1, 0.15) is 37.0 Å². The number of thiocarbonyl (C=S) groups is 1. The molecule has 0 aliphatic carbocycles. The molecule has 4 heteroatoms. The number of hydrogen-bond acceptors (Lipinski definition) is 2. The monoisotopic (exact) mass is 356 g/mol. The second kappa shape index (κ2) is 9.42. The van der Waals surface area contributed by atoms with Gasteiger partial charge in [0.2, 0.25) is 0 Å². The van der Waals surface area contributed by atoms with Gasteiger partial charge in [-0.1, -0.05) is 18.2 Å². The maximum Gasteiger partial charge on any atom is 0.170 e. The molecule has 0 radical (unpaired) electrons. The maximum absolute atomic E-state index is 5.74. The molecule has 0 aliphatic rings. The summed E-state index contributed by atoms with van der Waals surface area (Å²) in [6.07, 6.45) is 2.21. The lowest BCUT2D eigenvalue weighted by molar-refractivity contribution is 0.242. The van der Waals surface area contributed by atoms with E-state index in [0.29, 0.717) is 5.11 Å². The van der Waals surface area contributed by atoms with Gasteiger partial charge < -0.3 is 15.4 Å². The highest BCUT2D eigenvalue weighted by Gasteiger charge is 2.02. The standard InChI is InChI=1S/C21H28N2OS/c1-15(2)24-20-9-5-7-18(14-20)8-6-10-22-21(25)23-19-12-16(3)11-17(4)13-19/h5,7,9,11-15H,6,8,10H2,1-4H3,(H2,22,23,25). The summed E-state index contributed by atoms with van der Waals surface area (Å²) in [4.78, 5) is 0. The van der Waals surface area contributed by atoms with Crippen molar-refractivity contribution in [2.24, 2.45) is 0 Å². The van der Waals surface area contributed by atoms with E-state index in [2.05, 4.69) is 54.8 Å². The van der Waals surface area contributed by atoms with E-state index in [-0.39, 0.29) is 6.10 Å². The Labute approximate surface area is 156 Å². The normalized spacial score (nSPS) is 10.6. The van der Waals surface area contributed by atoms with Crippen molar-refractivity contribution in [1.29, 1.82) is 0 Å². The molecule has 0 saturated carbocycles. The second-order valence-electron chi connectivity index (χ2n) is 6.67. The fourth-order valence-electron chi connectivity index (χ4n) is 2.76. The van der Waals surface area contributed by atoms with Crippen molar-refractivity contribution in [2.75, 3.05) is 11.9 Å². The third-order valence-electron chi connectivity index (χ3n) is 3.68. The lowest BCUT2D eigenvalue weighted by Gasteiger charge is -2.13. The molecule has 3 nitrogen and oxygen atoms in total. The molecule has 0 unspecified atom stereocenters. The number of ether oxygens (including phenoxy) is 1. The average molecular weight is 357 g/mol. The van der Waals surface area contributed by atoms with Crippen LogP contribution in [-0.4, -0.2) is 17.8 Å². The second-order valence-corrected chi connectivity index (χ2v) is 7.08. The molecule has 0 amide bonds. The Kier molecular flexibility index (Phi) is 7.26. The van der Waals surface area contributed by atoms with E-state index in [9.17, 15) is 0 Å². The molecule has 0 aromatic heterocycles. The van der Waals surface area contributed by atoms with Gasteiger partial charge in [0.25, 0.3) is 0 Å². The van der Waals surface area contributed by atoms with Gasteiger partial charge in [-0.3, -0.25) is 0 Å². The SMILES string of the molecule is Cc1cc(C)cc(NC(=S)NCCCc2cccc(OC(C)C)c2)c1. The van der Waals surface area contributed by atoms with Gasteiger partial charge in [0.05, 0.1) is 6.10 Å². The molecule has 2 aromatic carbocycles. The molecule has 134 valence electrons. The summed E-state index contributed by atoms with van der Waals surface area (Å²) >= 11 is 5.38. The highest BCUT2D eigenvalue weighted by molar-refractivity contribution is 7.80. The largest absolute Gasteiger partial charge is 0.491 e. The van der Waals surface area contributed by atoms with E-state index < -0.39 is 0 Å². The highest BCUT2D eigenvalue weighted by atomic mass is 32.1. The van der Waals surface area contributed by atoms with E-state index in [0.717, 1.165) is 30.8 Å². The quantitative estimate of drug-likeness (QED) is 0.540. The minimum Gasteiger partial charge on any atom is -0.491 e. The molecular weight excluding hydrogens is 328 g/mol. The Bertz CT molecular complexity index is 693. The number of anilines is 1. The smallest absolute Gasteiger partial charge is 0.170 e. The summed E-state index contributed by atoms with van der Waals surface area (Å²) < 4.78 is 5.74. The van der Waals surface area contributed by atoms with E-state index in [1.807, 2.05) is 26.0 Å². The molecule has 0 heterocycles. The Hall–Kier alpha value is -2.07. The van der Waals surface area contributed by atoms with Crippen molar-refractivity contribution in [3.63, 3.8) is 0 Å². The number of nitrogens with one attached hydrogen (secondary N) is 2. The van der Waals surface area contributed by atoms with Crippen LogP contribution in [0.4, 0.5) is 5.69 Å². The van der Waals surface area contributed by atoms with Gasteiger partial charge in [-0.15, -0.1) is 0 Å².